The van der Waals surface area contributed by atoms with E-state index >= 15 is 0 Å². The van der Waals surface area contributed by atoms with Crippen molar-refractivity contribution in [3.05, 3.63) is 57.4 Å². The number of hydrogen-bond acceptors (Lipinski definition) is 3. The summed E-state index contributed by atoms with van der Waals surface area (Å²) < 4.78 is 0. The fraction of sp³-hybridized carbons (Fsp3) is 0.333. The van der Waals surface area contributed by atoms with Gasteiger partial charge >= 0.3 is 0 Å². The van der Waals surface area contributed by atoms with Gasteiger partial charge in [-0.25, -0.2) is 4.85 Å². The quantitative estimate of drug-likeness (QED) is 0.667. The van der Waals surface area contributed by atoms with Gasteiger partial charge in [0.2, 0.25) is 0 Å². The molecule has 2 aromatic rings. The Morgan fingerprint density at radius 2 is 1.64 bits per heavy atom. The maximum absolute atomic E-state index is 9.58. The number of anilines is 3. The van der Waals surface area contributed by atoms with Crippen LogP contribution in [0.2, 0.25) is 0 Å². The Morgan fingerprint density at radius 1 is 1.04 bits per heavy atom. The number of fused-ring (bicyclic) bond motifs is 1. The molecule has 126 valence electrons. The number of nitrogens with zero attached hydrogens (tertiary/aromatic N) is 4. The third-order valence-electron chi connectivity index (χ3n) is 5.44. The molecular weight excluding hydrogens is 308 g/mol. The minimum Gasteiger partial charge on any atom is -0.352 e. The number of benzene rings is 2. The van der Waals surface area contributed by atoms with Crippen LogP contribution in [-0.2, 0) is 0 Å². The molecule has 25 heavy (non-hydrogen) atoms. The molecule has 0 saturated heterocycles. The van der Waals surface area contributed by atoms with Crippen LogP contribution in [0.25, 0.3) is 4.85 Å². The molecule has 1 aliphatic rings. The van der Waals surface area contributed by atoms with Crippen LogP contribution in [0.15, 0.2) is 18.2 Å². The normalized spacial score (nSPS) is 15.8. The average molecular weight is 330 g/mol. The van der Waals surface area contributed by atoms with Crippen LogP contribution in [0.3, 0.4) is 0 Å². The Kier molecular flexibility index (Phi) is 3.93. The van der Waals surface area contributed by atoms with Crippen LogP contribution in [0, 0.1) is 45.6 Å². The monoisotopic (exact) mass is 330 g/mol. The van der Waals surface area contributed by atoms with Gasteiger partial charge in [0.15, 0.2) is 5.69 Å². The van der Waals surface area contributed by atoms with Gasteiger partial charge in [-0.15, -0.1) is 0 Å². The molecule has 0 fully saturated rings. The van der Waals surface area contributed by atoms with Crippen molar-refractivity contribution in [2.45, 2.75) is 40.8 Å². The molecule has 0 amide bonds. The van der Waals surface area contributed by atoms with E-state index in [2.05, 4.69) is 61.4 Å². The zero-order valence-corrected chi connectivity index (χ0v) is 15.6. The standard InChI is InChI=1S/C21H22N4/c1-12-8-13(2)15(4)20(14(12)3)25-16(5)24(7)21-17(11-22)9-18(23-6)10-19(21)25/h8-10,16H,1-5,7H3/t16-/m0/s1. The van der Waals surface area contributed by atoms with Gasteiger partial charge in [0.05, 0.1) is 23.5 Å². The van der Waals surface area contributed by atoms with Gasteiger partial charge in [0.1, 0.15) is 12.2 Å². The number of nitriles is 1. The molecular formula is C21H22N4. The fourth-order valence-corrected chi connectivity index (χ4v) is 3.73. The highest BCUT2D eigenvalue weighted by atomic mass is 15.4. The van der Waals surface area contributed by atoms with Crippen LogP contribution >= 0.6 is 0 Å². The highest BCUT2D eigenvalue weighted by Gasteiger charge is 2.35. The summed E-state index contributed by atoms with van der Waals surface area (Å²) in [7, 11) is 2.01. The predicted molar refractivity (Wildman–Crippen MR) is 103 cm³/mol. The smallest absolute Gasteiger partial charge is 0.190 e. The van der Waals surface area contributed by atoms with E-state index in [4.69, 9.17) is 6.57 Å². The number of hydrogen-bond donors (Lipinski definition) is 0. The zero-order valence-electron chi connectivity index (χ0n) is 15.6. The SMILES string of the molecule is [C-]#[N+]c1cc(C#N)c2c(c1)N(c1c(C)c(C)cc(C)c1C)[C@@H](C)N2C. The van der Waals surface area contributed by atoms with Gasteiger partial charge < -0.3 is 9.80 Å². The third-order valence-corrected chi connectivity index (χ3v) is 5.44. The summed E-state index contributed by atoms with van der Waals surface area (Å²) in [6, 6.07) is 8.07. The second-order valence-electron chi connectivity index (χ2n) is 6.81. The molecule has 1 heterocycles. The van der Waals surface area contributed by atoms with E-state index in [0.29, 0.717) is 11.3 Å². The Bertz CT molecular complexity index is 933. The molecule has 3 rings (SSSR count). The Morgan fingerprint density at radius 3 is 2.16 bits per heavy atom. The minimum absolute atomic E-state index is 0.0710. The molecule has 4 nitrogen and oxygen atoms in total. The van der Waals surface area contributed by atoms with E-state index in [9.17, 15) is 5.26 Å². The molecule has 0 radical (unpaired) electrons. The topological polar surface area (TPSA) is 34.6 Å². The van der Waals surface area contributed by atoms with E-state index < -0.39 is 0 Å². The molecule has 0 aromatic heterocycles. The van der Waals surface area contributed by atoms with Crippen molar-refractivity contribution in [2.75, 3.05) is 16.8 Å². The molecule has 0 aliphatic carbocycles. The maximum Gasteiger partial charge on any atom is 0.190 e. The first-order valence-corrected chi connectivity index (χ1v) is 8.36. The van der Waals surface area contributed by atoms with Crippen molar-refractivity contribution in [1.29, 1.82) is 5.26 Å². The molecule has 0 bridgehead atoms. The van der Waals surface area contributed by atoms with Crippen LogP contribution in [-0.4, -0.2) is 13.2 Å². The highest BCUT2D eigenvalue weighted by Crippen LogP contribution is 2.49. The first kappa shape index (κ1) is 16.9. The Labute approximate surface area is 149 Å². The first-order valence-electron chi connectivity index (χ1n) is 8.36. The highest BCUT2D eigenvalue weighted by molar-refractivity contribution is 5.91. The van der Waals surface area contributed by atoms with E-state index in [0.717, 1.165) is 11.4 Å². The van der Waals surface area contributed by atoms with Gasteiger partial charge in [-0.2, -0.15) is 5.26 Å². The van der Waals surface area contributed by atoms with E-state index in [1.807, 2.05) is 13.1 Å². The summed E-state index contributed by atoms with van der Waals surface area (Å²) in [6.45, 7) is 18.1. The van der Waals surface area contributed by atoms with Crippen LogP contribution in [0.1, 0.15) is 34.7 Å². The predicted octanol–water partition coefficient (Wildman–Crippen LogP) is 5.28. The number of aryl methyl sites for hydroxylation is 2. The van der Waals surface area contributed by atoms with E-state index in [1.54, 1.807) is 6.07 Å². The van der Waals surface area contributed by atoms with Gasteiger partial charge in [0.25, 0.3) is 0 Å². The van der Waals surface area contributed by atoms with Crippen molar-refractivity contribution in [2.24, 2.45) is 0 Å². The minimum atomic E-state index is 0.0710. The van der Waals surface area contributed by atoms with Crippen molar-refractivity contribution in [1.82, 2.24) is 0 Å². The Balaban J connectivity index is 2.37. The summed E-state index contributed by atoms with van der Waals surface area (Å²) in [5, 5.41) is 9.58. The van der Waals surface area contributed by atoms with Crippen molar-refractivity contribution in [3.8, 4) is 6.07 Å². The van der Waals surface area contributed by atoms with Crippen molar-refractivity contribution >= 4 is 22.7 Å². The third kappa shape index (κ3) is 2.34. The Hall–Kier alpha value is -2.98. The second kappa shape index (κ2) is 5.83. The van der Waals surface area contributed by atoms with E-state index in [1.165, 1.54) is 27.9 Å². The maximum atomic E-state index is 9.58. The number of rotatable bonds is 1. The lowest BCUT2D eigenvalue weighted by atomic mass is 9.97. The van der Waals surface area contributed by atoms with Crippen LogP contribution < -0.4 is 9.80 Å². The van der Waals surface area contributed by atoms with E-state index in [-0.39, 0.29) is 6.17 Å². The lowest BCUT2D eigenvalue weighted by Gasteiger charge is -2.31. The second-order valence-corrected chi connectivity index (χ2v) is 6.81. The lowest BCUT2D eigenvalue weighted by Crippen LogP contribution is -2.36. The lowest BCUT2D eigenvalue weighted by molar-refractivity contribution is 0.730. The average Bonchev–Trinajstić information content (AvgIpc) is 2.84. The summed E-state index contributed by atoms with van der Waals surface area (Å²) in [6.07, 6.45) is 0.0710. The van der Waals surface area contributed by atoms with Gasteiger partial charge in [-0.3, -0.25) is 0 Å². The van der Waals surface area contributed by atoms with Gasteiger partial charge in [-0.05, 0) is 69.0 Å². The molecule has 0 unspecified atom stereocenters. The fourth-order valence-electron chi connectivity index (χ4n) is 3.73. The van der Waals surface area contributed by atoms with Gasteiger partial charge in [-0.1, -0.05) is 6.07 Å². The molecule has 0 N–H and O–H groups in total. The molecule has 1 aliphatic heterocycles. The molecule has 0 saturated carbocycles. The summed E-state index contributed by atoms with van der Waals surface area (Å²) in [5.41, 5.74) is 9.07. The largest absolute Gasteiger partial charge is 0.352 e. The molecule has 1 atom stereocenters. The molecule has 4 heteroatoms. The molecule has 2 aromatic carbocycles. The van der Waals surface area contributed by atoms with Gasteiger partial charge in [0, 0.05) is 12.7 Å². The molecule has 0 spiro atoms. The summed E-state index contributed by atoms with van der Waals surface area (Å²) in [5.74, 6) is 0. The van der Waals surface area contributed by atoms with Crippen molar-refractivity contribution < 1.29 is 0 Å². The van der Waals surface area contributed by atoms with Crippen LogP contribution in [0.4, 0.5) is 22.7 Å². The first-order chi connectivity index (χ1) is 11.8. The van der Waals surface area contributed by atoms with Crippen LogP contribution in [0.5, 0.6) is 0 Å². The summed E-state index contributed by atoms with van der Waals surface area (Å²) >= 11 is 0. The van der Waals surface area contributed by atoms with Crippen molar-refractivity contribution in [3.63, 3.8) is 0 Å². The summed E-state index contributed by atoms with van der Waals surface area (Å²) in [4.78, 5) is 7.97. The zero-order chi connectivity index (χ0) is 18.5.